The normalized spacial score (nSPS) is 23.1. The zero-order chi connectivity index (χ0) is 22.1. The molecule has 1 unspecified atom stereocenters. The molecule has 30 heavy (non-hydrogen) atoms. The lowest BCUT2D eigenvalue weighted by Crippen LogP contribution is -2.59. The highest BCUT2D eigenvalue weighted by Gasteiger charge is 2.71. The second-order valence-electron chi connectivity index (χ2n) is 8.76. The molecule has 2 saturated carbocycles. The summed E-state index contributed by atoms with van der Waals surface area (Å²) in [6, 6.07) is 2.67. The van der Waals surface area contributed by atoms with E-state index < -0.39 is 47.9 Å². The van der Waals surface area contributed by atoms with Gasteiger partial charge in [0.05, 0.1) is 11.1 Å². The standard InChI is InChI=1S/C20H22F5N3O2/c1-18(2,30)10-6-13(21)16-14(7-10)28(12-4-3-5-12)17(27-16)26-15(29)8-11-9-19(22,23)20(11,24)25/h6-7,11-12,30H,3-5,8-9H2,1-2H3,(H,26,27,29). The van der Waals surface area contributed by atoms with E-state index in [1.165, 1.54) is 13.8 Å². The lowest BCUT2D eigenvalue weighted by Gasteiger charge is -2.43. The van der Waals surface area contributed by atoms with Gasteiger partial charge in [-0.25, -0.2) is 9.37 Å². The summed E-state index contributed by atoms with van der Waals surface area (Å²) >= 11 is 0. The number of aromatic nitrogens is 2. The Morgan fingerprint density at radius 2 is 1.97 bits per heavy atom. The third kappa shape index (κ3) is 3.25. The summed E-state index contributed by atoms with van der Waals surface area (Å²) in [7, 11) is 0. The number of rotatable bonds is 5. The summed E-state index contributed by atoms with van der Waals surface area (Å²) in [6.45, 7) is 3.02. The maximum absolute atomic E-state index is 14.7. The highest BCUT2D eigenvalue weighted by atomic mass is 19.3. The Kier molecular flexibility index (Phi) is 4.65. The van der Waals surface area contributed by atoms with Gasteiger partial charge in [-0.15, -0.1) is 0 Å². The zero-order valence-corrected chi connectivity index (χ0v) is 16.5. The molecule has 0 bridgehead atoms. The molecule has 1 aromatic carbocycles. The van der Waals surface area contributed by atoms with Gasteiger partial charge in [-0.2, -0.15) is 17.6 Å². The van der Waals surface area contributed by atoms with E-state index in [1.54, 1.807) is 10.6 Å². The molecule has 4 rings (SSSR count). The number of carbonyl (C=O) groups excluding carboxylic acids is 1. The minimum Gasteiger partial charge on any atom is -0.386 e. The first kappa shape index (κ1) is 21.0. The number of nitrogens with zero attached hydrogens (tertiary/aromatic N) is 2. The van der Waals surface area contributed by atoms with Gasteiger partial charge in [0.2, 0.25) is 11.9 Å². The van der Waals surface area contributed by atoms with Crippen molar-refractivity contribution in [3.05, 3.63) is 23.5 Å². The first-order chi connectivity index (χ1) is 13.8. The van der Waals surface area contributed by atoms with E-state index in [-0.39, 0.29) is 17.5 Å². The SMILES string of the molecule is CC(C)(O)c1cc(F)c2nc(NC(=O)CC3CC(F)(F)C3(F)F)n(C3CCC3)c2c1. The molecule has 1 heterocycles. The lowest BCUT2D eigenvalue weighted by molar-refractivity contribution is -0.313. The number of halogens is 5. The van der Waals surface area contributed by atoms with E-state index in [9.17, 15) is 31.9 Å². The largest absolute Gasteiger partial charge is 0.386 e. The number of hydrogen-bond acceptors (Lipinski definition) is 3. The number of amides is 1. The number of fused-ring (bicyclic) bond motifs is 1. The van der Waals surface area contributed by atoms with Gasteiger partial charge in [0.1, 0.15) is 5.52 Å². The molecule has 10 heteroatoms. The summed E-state index contributed by atoms with van der Waals surface area (Å²) in [4.78, 5) is 16.4. The molecule has 0 radical (unpaired) electrons. The van der Waals surface area contributed by atoms with E-state index in [2.05, 4.69) is 10.3 Å². The van der Waals surface area contributed by atoms with E-state index in [4.69, 9.17) is 0 Å². The van der Waals surface area contributed by atoms with Gasteiger partial charge in [0, 0.05) is 24.8 Å². The first-order valence-electron chi connectivity index (χ1n) is 9.81. The van der Waals surface area contributed by atoms with Gasteiger partial charge >= 0.3 is 11.8 Å². The van der Waals surface area contributed by atoms with E-state index in [0.717, 1.165) is 25.3 Å². The molecular formula is C20H22F5N3O2. The van der Waals surface area contributed by atoms with E-state index in [0.29, 0.717) is 11.1 Å². The highest BCUT2D eigenvalue weighted by Crippen LogP contribution is 2.56. The fourth-order valence-electron chi connectivity index (χ4n) is 3.95. The van der Waals surface area contributed by atoms with Crippen molar-refractivity contribution in [2.75, 3.05) is 5.32 Å². The third-order valence-corrected chi connectivity index (χ3v) is 6.08. The molecular weight excluding hydrogens is 409 g/mol. The predicted molar refractivity (Wildman–Crippen MR) is 99.1 cm³/mol. The van der Waals surface area contributed by atoms with Gasteiger partial charge in [-0.05, 0) is 50.8 Å². The second-order valence-corrected chi connectivity index (χ2v) is 8.76. The number of carbonyl (C=O) groups is 1. The van der Waals surface area contributed by atoms with Crippen molar-refractivity contribution in [2.45, 2.75) is 69.4 Å². The van der Waals surface area contributed by atoms with Crippen LogP contribution in [0.3, 0.4) is 0 Å². The number of hydrogen-bond donors (Lipinski definition) is 2. The first-order valence-corrected chi connectivity index (χ1v) is 9.81. The summed E-state index contributed by atoms with van der Waals surface area (Å²) in [5, 5.41) is 12.7. The van der Waals surface area contributed by atoms with Crippen LogP contribution in [-0.4, -0.2) is 32.4 Å². The Balaban J connectivity index is 1.65. The summed E-state index contributed by atoms with van der Waals surface area (Å²) in [6.07, 6.45) is 0.601. The summed E-state index contributed by atoms with van der Waals surface area (Å²) < 4.78 is 69.4. The van der Waals surface area contributed by atoms with Crippen molar-refractivity contribution in [1.29, 1.82) is 0 Å². The Hall–Kier alpha value is -2.23. The molecule has 1 atom stereocenters. The fourth-order valence-corrected chi connectivity index (χ4v) is 3.95. The number of aliphatic hydroxyl groups is 1. The Morgan fingerprint density at radius 3 is 2.47 bits per heavy atom. The Labute approximate surface area is 169 Å². The molecule has 2 aliphatic rings. The maximum Gasteiger partial charge on any atom is 0.313 e. The maximum atomic E-state index is 14.7. The van der Waals surface area contributed by atoms with E-state index in [1.807, 2.05) is 0 Å². The van der Waals surface area contributed by atoms with Crippen molar-refractivity contribution < 1.29 is 31.9 Å². The number of imidazole rings is 1. The average molecular weight is 431 g/mol. The lowest BCUT2D eigenvalue weighted by atomic mass is 9.74. The van der Waals surface area contributed by atoms with Crippen LogP contribution >= 0.6 is 0 Å². The molecule has 0 spiro atoms. The quantitative estimate of drug-likeness (QED) is 0.672. The average Bonchev–Trinajstić information content (AvgIpc) is 2.91. The van der Waals surface area contributed by atoms with Crippen LogP contribution in [0.15, 0.2) is 12.1 Å². The van der Waals surface area contributed by atoms with Crippen LogP contribution in [0.1, 0.15) is 57.6 Å². The van der Waals surface area contributed by atoms with Crippen molar-refractivity contribution in [3.8, 4) is 0 Å². The fraction of sp³-hybridized carbons (Fsp3) is 0.600. The van der Waals surface area contributed by atoms with Crippen LogP contribution in [0.4, 0.5) is 27.9 Å². The van der Waals surface area contributed by atoms with Crippen molar-refractivity contribution in [2.24, 2.45) is 5.92 Å². The van der Waals surface area contributed by atoms with Crippen LogP contribution < -0.4 is 5.32 Å². The predicted octanol–water partition coefficient (Wildman–Crippen LogP) is 4.75. The molecule has 1 aromatic heterocycles. The van der Waals surface area contributed by atoms with Crippen molar-refractivity contribution in [1.82, 2.24) is 9.55 Å². The number of anilines is 1. The monoisotopic (exact) mass is 431 g/mol. The van der Waals surface area contributed by atoms with Gasteiger partial charge in [0.15, 0.2) is 5.82 Å². The molecule has 2 aliphatic carbocycles. The van der Waals surface area contributed by atoms with Crippen molar-refractivity contribution in [3.63, 3.8) is 0 Å². The second kappa shape index (κ2) is 6.63. The van der Waals surface area contributed by atoms with Crippen LogP contribution in [-0.2, 0) is 10.4 Å². The Morgan fingerprint density at radius 1 is 1.30 bits per heavy atom. The van der Waals surface area contributed by atoms with E-state index >= 15 is 0 Å². The van der Waals surface area contributed by atoms with Gasteiger partial charge < -0.3 is 9.67 Å². The van der Waals surface area contributed by atoms with Crippen LogP contribution in [0.5, 0.6) is 0 Å². The number of benzene rings is 1. The molecule has 2 aromatic rings. The van der Waals surface area contributed by atoms with Crippen LogP contribution in [0.2, 0.25) is 0 Å². The van der Waals surface area contributed by atoms with Gasteiger partial charge in [0.25, 0.3) is 0 Å². The molecule has 1 amide bonds. The minimum absolute atomic E-state index is 0.0131. The van der Waals surface area contributed by atoms with Gasteiger partial charge in [-0.1, -0.05) is 0 Å². The Bertz CT molecular complexity index is 1010. The summed E-state index contributed by atoms with van der Waals surface area (Å²) in [5.41, 5.74) is -0.644. The molecule has 5 nitrogen and oxygen atoms in total. The minimum atomic E-state index is -4.23. The van der Waals surface area contributed by atoms with Gasteiger partial charge in [-0.3, -0.25) is 10.1 Å². The third-order valence-electron chi connectivity index (χ3n) is 6.08. The van der Waals surface area contributed by atoms with Crippen LogP contribution in [0, 0.1) is 11.7 Å². The summed E-state index contributed by atoms with van der Waals surface area (Å²) in [5.74, 6) is -11.7. The smallest absolute Gasteiger partial charge is 0.313 e. The molecule has 2 fully saturated rings. The highest BCUT2D eigenvalue weighted by molar-refractivity contribution is 5.92. The number of nitrogens with one attached hydrogen (secondary N) is 1. The van der Waals surface area contributed by atoms with Crippen LogP contribution in [0.25, 0.3) is 11.0 Å². The molecule has 2 N–H and O–H groups in total. The number of alkyl halides is 4. The topological polar surface area (TPSA) is 67.2 Å². The molecule has 0 saturated heterocycles. The zero-order valence-electron chi connectivity index (χ0n) is 16.5. The molecule has 164 valence electrons. The molecule has 0 aliphatic heterocycles. The van der Waals surface area contributed by atoms with Crippen molar-refractivity contribution >= 4 is 22.9 Å².